The van der Waals surface area contributed by atoms with Crippen molar-refractivity contribution in [3.63, 3.8) is 0 Å². The fourth-order valence-corrected chi connectivity index (χ4v) is 2.04. The van der Waals surface area contributed by atoms with Gasteiger partial charge >= 0.3 is 11.9 Å². The highest BCUT2D eigenvalue weighted by Gasteiger charge is 2.26. The first-order chi connectivity index (χ1) is 9.36. The molecule has 0 aliphatic carbocycles. The lowest BCUT2D eigenvalue weighted by Gasteiger charge is -2.19. The van der Waals surface area contributed by atoms with Crippen molar-refractivity contribution in [1.29, 1.82) is 0 Å². The molecule has 0 saturated heterocycles. The van der Waals surface area contributed by atoms with Crippen molar-refractivity contribution in [2.24, 2.45) is 0 Å². The molecule has 0 amide bonds. The van der Waals surface area contributed by atoms with Crippen molar-refractivity contribution in [3.8, 4) is 0 Å². The maximum absolute atomic E-state index is 11.2. The van der Waals surface area contributed by atoms with E-state index in [1.54, 1.807) is 13.0 Å². The third kappa shape index (κ3) is 4.29. The van der Waals surface area contributed by atoms with Crippen molar-refractivity contribution in [3.05, 3.63) is 33.8 Å². The van der Waals surface area contributed by atoms with Gasteiger partial charge in [-0.25, -0.2) is 4.79 Å². The Bertz CT molecular complexity index is 502. The number of ether oxygens (including phenoxy) is 1. The number of aliphatic hydroxyl groups is 2. The molecule has 0 aromatic heterocycles. The molecule has 7 heteroatoms. The molecule has 0 fully saturated rings. The van der Waals surface area contributed by atoms with Gasteiger partial charge < -0.3 is 20.1 Å². The molecule has 0 saturated carbocycles. The highest BCUT2D eigenvalue weighted by molar-refractivity contribution is 9.10. The van der Waals surface area contributed by atoms with E-state index in [0.29, 0.717) is 4.47 Å². The number of carboxylic acids is 1. The standard InChI is InChI=1S/C13H15BrO6/c1-2-20-11(16)6-10(15)12(17)8-4-3-7(14)5-9(8)13(18)19/h3-5,10,12,15,17H,2,6H2,1H3,(H,18,19). The van der Waals surface area contributed by atoms with Gasteiger partial charge in [0.05, 0.1) is 24.7 Å². The van der Waals surface area contributed by atoms with Crippen LogP contribution in [-0.2, 0) is 9.53 Å². The average molecular weight is 347 g/mol. The number of halogens is 1. The summed E-state index contributed by atoms with van der Waals surface area (Å²) in [5.41, 5.74) is -0.104. The van der Waals surface area contributed by atoms with Crippen LogP contribution in [0.4, 0.5) is 0 Å². The molecule has 0 spiro atoms. The Labute approximate surface area is 124 Å². The van der Waals surface area contributed by atoms with E-state index in [9.17, 15) is 19.8 Å². The molecule has 0 heterocycles. The molecule has 20 heavy (non-hydrogen) atoms. The van der Waals surface area contributed by atoms with Gasteiger partial charge in [-0.3, -0.25) is 4.79 Å². The van der Waals surface area contributed by atoms with Gasteiger partial charge in [0.15, 0.2) is 0 Å². The van der Waals surface area contributed by atoms with E-state index in [1.165, 1.54) is 12.1 Å². The van der Waals surface area contributed by atoms with Crippen LogP contribution in [0.5, 0.6) is 0 Å². The van der Waals surface area contributed by atoms with E-state index in [0.717, 1.165) is 0 Å². The summed E-state index contributed by atoms with van der Waals surface area (Å²) < 4.78 is 5.19. The Morgan fingerprint density at radius 1 is 1.35 bits per heavy atom. The zero-order valence-electron chi connectivity index (χ0n) is 10.7. The molecule has 0 aliphatic heterocycles. The first-order valence-electron chi connectivity index (χ1n) is 5.91. The highest BCUT2D eigenvalue weighted by atomic mass is 79.9. The van der Waals surface area contributed by atoms with Crippen molar-refractivity contribution >= 4 is 27.9 Å². The summed E-state index contributed by atoms with van der Waals surface area (Å²) in [5, 5.41) is 28.9. The number of aromatic carboxylic acids is 1. The largest absolute Gasteiger partial charge is 0.478 e. The van der Waals surface area contributed by atoms with E-state index >= 15 is 0 Å². The van der Waals surface area contributed by atoms with Gasteiger partial charge in [0.2, 0.25) is 0 Å². The van der Waals surface area contributed by atoms with Gasteiger partial charge in [0, 0.05) is 4.47 Å². The van der Waals surface area contributed by atoms with Crippen LogP contribution in [0, 0.1) is 0 Å². The minimum atomic E-state index is -1.49. The van der Waals surface area contributed by atoms with E-state index in [-0.39, 0.29) is 17.7 Å². The zero-order chi connectivity index (χ0) is 15.3. The summed E-state index contributed by atoms with van der Waals surface area (Å²) in [6, 6.07) is 4.24. The van der Waals surface area contributed by atoms with Crippen LogP contribution in [0.3, 0.4) is 0 Å². The van der Waals surface area contributed by atoms with Gasteiger partial charge in [-0.05, 0) is 24.6 Å². The van der Waals surface area contributed by atoms with E-state index in [4.69, 9.17) is 5.11 Å². The third-order valence-electron chi connectivity index (χ3n) is 2.61. The number of rotatable bonds is 6. The fourth-order valence-electron chi connectivity index (χ4n) is 1.68. The van der Waals surface area contributed by atoms with Crippen molar-refractivity contribution in [2.75, 3.05) is 6.61 Å². The van der Waals surface area contributed by atoms with Crippen LogP contribution in [0.25, 0.3) is 0 Å². The summed E-state index contributed by atoms with van der Waals surface area (Å²) in [7, 11) is 0. The molecule has 1 rings (SSSR count). The molecular weight excluding hydrogens is 332 g/mol. The molecule has 3 N–H and O–H groups in total. The fraction of sp³-hybridized carbons (Fsp3) is 0.385. The minimum Gasteiger partial charge on any atom is -0.478 e. The lowest BCUT2D eigenvalue weighted by molar-refractivity contribution is -0.147. The van der Waals surface area contributed by atoms with Crippen LogP contribution in [-0.4, -0.2) is 40.0 Å². The molecule has 1 aromatic rings. The Morgan fingerprint density at radius 2 is 2.00 bits per heavy atom. The lowest BCUT2D eigenvalue weighted by atomic mass is 9.97. The van der Waals surface area contributed by atoms with Crippen LogP contribution in [0.15, 0.2) is 22.7 Å². The summed E-state index contributed by atoms with van der Waals surface area (Å²) >= 11 is 3.13. The number of aliphatic hydroxyl groups excluding tert-OH is 2. The van der Waals surface area contributed by atoms with E-state index < -0.39 is 30.6 Å². The predicted molar refractivity (Wildman–Crippen MR) is 73.3 cm³/mol. The first-order valence-corrected chi connectivity index (χ1v) is 6.70. The number of hydrogen-bond acceptors (Lipinski definition) is 5. The third-order valence-corrected chi connectivity index (χ3v) is 3.10. The Kier molecular flexibility index (Phi) is 6.12. The van der Waals surface area contributed by atoms with Crippen LogP contribution >= 0.6 is 15.9 Å². The smallest absolute Gasteiger partial charge is 0.336 e. The summed E-state index contributed by atoms with van der Waals surface area (Å²) in [5.74, 6) is -1.89. The molecule has 1 aromatic carbocycles. The molecule has 110 valence electrons. The first kappa shape index (κ1) is 16.6. The number of benzene rings is 1. The van der Waals surface area contributed by atoms with Gasteiger partial charge in [-0.2, -0.15) is 0 Å². The van der Waals surface area contributed by atoms with Crippen molar-refractivity contribution < 1.29 is 29.6 Å². The Morgan fingerprint density at radius 3 is 2.55 bits per heavy atom. The Hall–Kier alpha value is -1.44. The zero-order valence-corrected chi connectivity index (χ0v) is 12.3. The van der Waals surface area contributed by atoms with Gasteiger partial charge in [-0.15, -0.1) is 0 Å². The summed E-state index contributed by atoms with van der Waals surface area (Å²) in [6.07, 6.45) is -3.34. The van der Waals surface area contributed by atoms with Crippen LogP contribution < -0.4 is 0 Å². The van der Waals surface area contributed by atoms with Gasteiger partial charge in [0.25, 0.3) is 0 Å². The summed E-state index contributed by atoms with van der Waals surface area (Å²) in [4.78, 5) is 22.4. The second kappa shape index (κ2) is 7.37. The molecule has 0 aliphatic rings. The second-order valence-corrected chi connectivity index (χ2v) is 4.97. The molecule has 0 radical (unpaired) electrons. The van der Waals surface area contributed by atoms with Crippen LogP contribution in [0.1, 0.15) is 35.4 Å². The quantitative estimate of drug-likeness (QED) is 0.674. The minimum absolute atomic E-state index is 0.0394. The maximum Gasteiger partial charge on any atom is 0.336 e. The molecule has 2 unspecified atom stereocenters. The number of carbonyl (C=O) groups excluding carboxylic acids is 1. The Balaban J connectivity index is 2.93. The monoisotopic (exact) mass is 346 g/mol. The predicted octanol–water partition coefficient (Wildman–Crippen LogP) is 1.49. The van der Waals surface area contributed by atoms with E-state index in [1.807, 2.05) is 0 Å². The van der Waals surface area contributed by atoms with Gasteiger partial charge in [0.1, 0.15) is 6.10 Å². The topological polar surface area (TPSA) is 104 Å². The number of esters is 1. The van der Waals surface area contributed by atoms with Crippen molar-refractivity contribution in [1.82, 2.24) is 0 Å². The van der Waals surface area contributed by atoms with E-state index in [2.05, 4.69) is 20.7 Å². The number of hydrogen-bond donors (Lipinski definition) is 3. The lowest BCUT2D eigenvalue weighted by Crippen LogP contribution is -2.24. The molecule has 6 nitrogen and oxygen atoms in total. The summed E-state index contributed by atoms with van der Waals surface area (Å²) in [6.45, 7) is 1.79. The number of carbonyl (C=O) groups is 2. The van der Waals surface area contributed by atoms with Crippen LogP contribution in [0.2, 0.25) is 0 Å². The average Bonchev–Trinajstić information content (AvgIpc) is 2.37. The molecular formula is C13H15BrO6. The second-order valence-electron chi connectivity index (χ2n) is 4.06. The van der Waals surface area contributed by atoms with Gasteiger partial charge in [-0.1, -0.05) is 22.0 Å². The SMILES string of the molecule is CCOC(=O)CC(O)C(O)c1ccc(Br)cc1C(=O)O. The van der Waals surface area contributed by atoms with Crippen molar-refractivity contribution in [2.45, 2.75) is 25.6 Å². The highest BCUT2D eigenvalue weighted by Crippen LogP contribution is 2.26. The molecule has 0 bridgehead atoms. The maximum atomic E-state index is 11.2. The molecule has 2 atom stereocenters. The normalized spacial score (nSPS) is 13.6. The number of carboxylic acid groups (broad SMARTS) is 1.